The number of carbonyl (C=O) groups is 1. The predicted octanol–water partition coefficient (Wildman–Crippen LogP) is 4.83. The SMILES string of the molecule is CCOc1cccc(-c2nnc(SCC(=O)Nc3cc(C(F)(F)F)cc(C(F)(F)F)c3)n2N)c1. The van der Waals surface area contributed by atoms with Crippen molar-refractivity contribution in [2.24, 2.45) is 0 Å². The van der Waals surface area contributed by atoms with Crippen molar-refractivity contribution >= 4 is 23.4 Å². The first kappa shape index (κ1) is 25.2. The van der Waals surface area contributed by atoms with Gasteiger partial charge in [-0.1, -0.05) is 23.9 Å². The van der Waals surface area contributed by atoms with Crippen LogP contribution in [0.5, 0.6) is 5.75 Å². The Hall–Kier alpha value is -3.42. The molecule has 0 saturated carbocycles. The molecule has 2 aromatic carbocycles. The topological polar surface area (TPSA) is 95.1 Å². The number of hydrogen-bond acceptors (Lipinski definition) is 6. The molecule has 0 atom stereocenters. The molecule has 1 heterocycles. The second-order valence-corrected chi connectivity index (χ2v) is 7.71. The fraction of sp³-hybridized carbons (Fsp3) is 0.250. The quantitative estimate of drug-likeness (QED) is 0.272. The normalized spacial score (nSPS) is 12.0. The van der Waals surface area contributed by atoms with E-state index in [9.17, 15) is 31.1 Å². The monoisotopic (exact) mass is 505 g/mol. The van der Waals surface area contributed by atoms with Gasteiger partial charge in [-0.05, 0) is 37.3 Å². The number of nitrogen functional groups attached to an aromatic ring is 1. The second kappa shape index (κ2) is 9.83. The average molecular weight is 505 g/mol. The van der Waals surface area contributed by atoms with Crippen molar-refractivity contribution in [3.05, 3.63) is 53.6 Å². The highest BCUT2D eigenvalue weighted by atomic mass is 32.2. The van der Waals surface area contributed by atoms with Gasteiger partial charge in [0.1, 0.15) is 5.75 Å². The Kier molecular flexibility index (Phi) is 7.29. The standard InChI is InChI=1S/C20H17F6N5O2S/c1-2-33-15-5-3-4-11(6-15)17-29-30-18(31(17)27)34-10-16(32)28-14-8-12(19(21,22)23)7-13(9-14)20(24,25)26/h3-9H,2,10,27H2,1H3,(H,28,32). The van der Waals surface area contributed by atoms with E-state index in [4.69, 9.17) is 10.6 Å². The summed E-state index contributed by atoms with van der Waals surface area (Å²) in [5, 5.41) is 9.97. The van der Waals surface area contributed by atoms with Crippen molar-refractivity contribution in [2.75, 3.05) is 23.5 Å². The molecule has 3 rings (SSSR count). The number of amides is 1. The Morgan fingerprint density at radius 1 is 1.06 bits per heavy atom. The predicted molar refractivity (Wildman–Crippen MR) is 113 cm³/mol. The molecular formula is C20H17F6N5O2S. The zero-order chi connectivity index (χ0) is 25.1. The summed E-state index contributed by atoms with van der Waals surface area (Å²) in [4.78, 5) is 12.2. The third-order valence-electron chi connectivity index (χ3n) is 4.27. The first-order valence-electron chi connectivity index (χ1n) is 9.54. The van der Waals surface area contributed by atoms with Gasteiger partial charge in [-0.3, -0.25) is 4.79 Å². The number of hydrogen-bond donors (Lipinski definition) is 2. The van der Waals surface area contributed by atoms with Crippen molar-refractivity contribution in [2.45, 2.75) is 24.4 Å². The lowest BCUT2D eigenvalue weighted by atomic mass is 10.1. The van der Waals surface area contributed by atoms with Crippen LogP contribution in [0.3, 0.4) is 0 Å². The van der Waals surface area contributed by atoms with Crippen LogP contribution in [-0.2, 0) is 17.1 Å². The van der Waals surface area contributed by atoms with Crippen LogP contribution >= 0.6 is 11.8 Å². The number of anilines is 1. The minimum Gasteiger partial charge on any atom is -0.494 e. The number of halogens is 6. The van der Waals surface area contributed by atoms with E-state index in [0.717, 1.165) is 16.4 Å². The Labute approximate surface area is 193 Å². The van der Waals surface area contributed by atoms with E-state index in [1.165, 1.54) is 0 Å². The van der Waals surface area contributed by atoms with Crippen LogP contribution in [0.25, 0.3) is 11.4 Å². The molecule has 3 N–H and O–H groups in total. The largest absolute Gasteiger partial charge is 0.494 e. The van der Waals surface area contributed by atoms with Gasteiger partial charge in [-0.2, -0.15) is 26.3 Å². The summed E-state index contributed by atoms with van der Waals surface area (Å²) in [6.45, 7) is 2.27. The van der Waals surface area contributed by atoms with Gasteiger partial charge < -0.3 is 15.9 Å². The number of nitrogens with zero attached hydrogens (tertiary/aromatic N) is 3. The molecule has 0 aliphatic heterocycles. The van der Waals surface area contributed by atoms with Crippen molar-refractivity contribution < 1.29 is 35.9 Å². The summed E-state index contributed by atoms with van der Waals surface area (Å²) in [7, 11) is 0. The van der Waals surface area contributed by atoms with Gasteiger partial charge in [0, 0.05) is 11.3 Å². The number of nitrogens with one attached hydrogen (secondary N) is 1. The summed E-state index contributed by atoms with van der Waals surface area (Å²) >= 11 is 0.800. The fourth-order valence-corrected chi connectivity index (χ4v) is 3.47. The van der Waals surface area contributed by atoms with E-state index in [2.05, 4.69) is 10.2 Å². The molecule has 0 unspecified atom stereocenters. The lowest BCUT2D eigenvalue weighted by Crippen LogP contribution is -2.18. The number of carbonyl (C=O) groups excluding carboxylic acids is 1. The number of ether oxygens (including phenoxy) is 1. The molecule has 7 nitrogen and oxygen atoms in total. The zero-order valence-corrected chi connectivity index (χ0v) is 18.2. The zero-order valence-electron chi connectivity index (χ0n) is 17.4. The summed E-state index contributed by atoms with van der Waals surface area (Å²) in [6.07, 6.45) is -10.1. The molecule has 14 heteroatoms. The maximum absolute atomic E-state index is 13.0. The summed E-state index contributed by atoms with van der Waals surface area (Å²) in [6, 6.07) is 7.68. The van der Waals surface area contributed by atoms with Gasteiger partial charge in [-0.25, -0.2) is 4.68 Å². The number of alkyl halides is 6. The lowest BCUT2D eigenvalue weighted by Gasteiger charge is -2.14. The number of aromatic nitrogens is 3. The van der Waals surface area contributed by atoms with Crippen LogP contribution in [0.2, 0.25) is 0 Å². The fourth-order valence-electron chi connectivity index (χ4n) is 2.82. The van der Waals surface area contributed by atoms with Gasteiger partial charge in [0.25, 0.3) is 0 Å². The molecule has 182 valence electrons. The average Bonchev–Trinajstić information content (AvgIpc) is 3.11. The Balaban J connectivity index is 1.72. The molecule has 1 aromatic heterocycles. The molecular weight excluding hydrogens is 488 g/mol. The smallest absolute Gasteiger partial charge is 0.416 e. The van der Waals surface area contributed by atoms with Gasteiger partial charge in [0.05, 0.1) is 23.5 Å². The minimum absolute atomic E-state index is 0.0244. The summed E-state index contributed by atoms with van der Waals surface area (Å²) < 4.78 is 84.4. The van der Waals surface area contributed by atoms with E-state index < -0.39 is 40.8 Å². The summed E-state index contributed by atoms with van der Waals surface area (Å²) in [5.74, 6) is 5.57. The molecule has 0 fully saturated rings. The Morgan fingerprint density at radius 3 is 2.29 bits per heavy atom. The van der Waals surface area contributed by atoms with Crippen molar-refractivity contribution in [3.8, 4) is 17.1 Å². The molecule has 3 aromatic rings. The van der Waals surface area contributed by atoms with E-state index in [1.807, 2.05) is 12.2 Å². The molecule has 0 saturated heterocycles. The number of thioether (sulfide) groups is 1. The highest BCUT2D eigenvalue weighted by Gasteiger charge is 2.37. The van der Waals surface area contributed by atoms with Gasteiger partial charge in [0.2, 0.25) is 11.1 Å². The van der Waals surface area contributed by atoms with Crippen LogP contribution in [-0.4, -0.2) is 33.1 Å². The molecule has 34 heavy (non-hydrogen) atoms. The number of nitrogens with two attached hydrogens (primary N) is 1. The van der Waals surface area contributed by atoms with E-state index in [1.54, 1.807) is 24.3 Å². The molecule has 0 aliphatic carbocycles. The van der Waals surface area contributed by atoms with Crippen LogP contribution in [0.4, 0.5) is 32.0 Å². The van der Waals surface area contributed by atoms with Crippen molar-refractivity contribution in [1.82, 2.24) is 14.9 Å². The molecule has 0 bridgehead atoms. The number of benzene rings is 2. The molecule has 0 radical (unpaired) electrons. The Bertz CT molecular complexity index is 1150. The van der Waals surface area contributed by atoms with Crippen LogP contribution in [0.15, 0.2) is 47.6 Å². The van der Waals surface area contributed by atoms with Gasteiger partial charge >= 0.3 is 12.4 Å². The minimum atomic E-state index is -5.03. The Morgan fingerprint density at radius 2 is 1.71 bits per heavy atom. The molecule has 0 aliphatic rings. The lowest BCUT2D eigenvalue weighted by molar-refractivity contribution is -0.143. The van der Waals surface area contributed by atoms with Gasteiger partial charge in [-0.15, -0.1) is 10.2 Å². The van der Waals surface area contributed by atoms with Crippen LogP contribution in [0, 0.1) is 0 Å². The first-order chi connectivity index (χ1) is 15.9. The number of rotatable bonds is 7. The summed E-state index contributed by atoms with van der Waals surface area (Å²) in [5.41, 5.74) is -3.13. The van der Waals surface area contributed by atoms with Crippen LogP contribution < -0.4 is 15.9 Å². The van der Waals surface area contributed by atoms with E-state index >= 15 is 0 Å². The first-order valence-corrected chi connectivity index (χ1v) is 10.5. The molecule has 1 amide bonds. The van der Waals surface area contributed by atoms with E-state index in [-0.39, 0.29) is 17.0 Å². The maximum atomic E-state index is 13.0. The maximum Gasteiger partial charge on any atom is 0.416 e. The van der Waals surface area contributed by atoms with Crippen molar-refractivity contribution in [1.29, 1.82) is 0 Å². The third-order valence-corrected chi connectivity index (χ3v) is 5.21. The highest BCUT2D eigenvalue weighted by molar-refractivity contribution is 7.99. The third kappa shape index (κ3) is 6.12. The van der Waals surface area contributed by atoms with Crippen LogP contribution in [0.1, 0.15) is 18.1 Å². The van der Waals surface area contributed by atoms with E-state index in [0.29, 0.717) is 30.1 Å². The molecule has 0 spiro atoms. The highest BCUT2D eigenvalue weighted by Crippen LogP contribution is 2.37. The van der Waals surface area contributed by atoms with Gasteiger partial charge in [0.15, 0.2) is 5.82 Å². The van der Waals surface area contributed by atoms with Crippen molar-refractivity contribution in [3.63, 3.8) is 0 Å². The second-order valence-electron chi connectivity index (χ2n) is 6.77.